The first-order valence-corrected chi connectivity index (χ1v) is 10.9. The maximum absolute atomic E-state index is 14.5. The highest BCUT2D eigenvalue weighted by Gasteiger charge is 2.22. The van der Waals surface area contributed by atoms with E-state index in [-0.39, 0.29) is 5.69 Å². The van der Waals surface area contributed by atoms with E-state index < -0.39 is 11.6 Å². The zero-order valence-electron chi connectivity index (χ0n) is 18.3. The van der Waals surface area contributed by atoms with E-state index in [4.69, 9.17) is 5.10 Å². The van der Waals surface area contributed by atoms with Gasteiger partial charge in [0.2, 0.25) is 5.95 Å². The molecule has 1 aliphatic heterocycles. The molecule has 2 aromatic carbocycles. The van der Waals surface area contributed by atoms with Crippen LogP contribution < -0.4 is 4.90 Å². The van der Waals surface area contributed by atoms with Gasteiger partial charge in [-0.1, -0.05) is 24.3 Å². The molecular weight excluding hydrogens is 422 g/mol. The van der Waals surface area contributed by atoms with E-state index in [2.05, 4.69) is 19.8 Å². The molecule has 0 bridgehead atoms. The zero-order chi connectivity index (χ0) is 22.8. The molecule has 4 aromatic rings. The molecule has 0 saturated carbocycles. The number of benzene rings is 2. The Balaban J connectivity index is 1.43. The first kappa shape index (κ1) is 21.2. The van der Waals surface area contributed by atoms with Gasteiger partial charge in [-0.25, -0.2) is 23.4 Å². The minimum absolute atomic E-state index is 0.225. The van der Waals surface area contributed by atoms with Crippen molar-refractivity contribution < 1.29 is 8.78 Å². The molecule has 0 N–H and O–H groups in total. The van der Waals surface area contributed by atoms with Gasteiger partial charge in [-0.15, -0.1) is 0 Å². The molecule has 0 radical (unpaired) electrons. The van der Waals surface area contributed by atoms with Gasteiger partial charge in [-0.3, -0.25) is 4.90 Å². The van der Waals surface area contributed by atoms with Gasteiger partial charge >= 0.3 is 0 Å². The van der Waals surface area contributed by atoms with Crippen molar-refractivity contribution in [3.05, 3.63) is 89.9 Å². The van der Waals surface area contributed by atoms with Crippen LogP contribution in [0.3, 0.4) is 0 Å². The molecule has 0 amide bonds. The molecule has 5 rings (SSSR count). The highest BCUT2D eigenvalue weighted by molar-refractivity contribution is 5.67. The average Bonchev–Trinajstić information content (AvgIpc) is 3.23. The third kappa shape index (κ3) is 4.47. The van der Waals surface area contributed by atoms with E-state index in [0.717, 1.165) is 60.6 Å². The molecule has 33 heavy (non-hydrogen) atoms. The lowest BCUT2D eigenvalue weighted by Crippen LogP contribution is -2.46. The van der Waals surface area contributed by atoms with Crippen LogP contribution >= 0.6 is 0 Å². The molecular formula is C25H24F2N6. The van der Waals surface area contributed by atoms with Crippen molar-refractivity contribution in [1.29, 1.82) is 0 Å². The largest absolute Gasteiger partial charge is 0.338 e. The molecule has 3 heterocycles. The fraction of sp³-hybridized carbons (Fsp3) is 0.240. The maximum atomic E-state index is 14.5. The van der Waals surface area contributed by atoms with Crippen LogP contribution in [0.2, 0.25) is 0 Å². The number of halogens is 2. The number of rotatable bonds is 5. The molecule has 8 heteroatoms. The van der Waals surface area contributed by atoms with Crippen LogP contribution in [-0.4, -0.2) is 50.8 Å². The number of hydrogen-bond donors (Lipinski definition) is 0. The minimum Gasteiger partial charge on any atom is -0.338 e. The smallest absolute Gasteiger partial charge is 0.225 e. The normalized spacial score (nSPS) is 14.6. The Labute approximate surface area is 191 Å². The van der Waals surface area contributed by atoms with Crippen molar-refractivity contribution in [2.45, 2.75) is 13.5 Å². The Morgan fingerprint density at radius 2 is 1.67 bits per heavy atom. The molecule has 1 saturated heterocycles. The van der Waals surface area contributed by atoms with Gasteiger partial charge in [0.25, 0.3) is 0 Å². The fourth-order valence-corrected chi connectivity index (χ4v) is 4.18. The first-order valence-electron chi connectivity index (χ1n) is 10.9. The molecule has 2 aromatic heterocycles. The average molecular weight is 447 g/mol. The van der Waals surface area contributed by atoms with Crippen molar-refractivity contribution in [2.24, 2.45) is 0 Å². The van der Waals surface area contributed by atoms with Gasteiger partial charge in [0.1, 0.15) is 11.5 Å². The van der Waals surface area contributed by atoms with Crippen molar-refractivity contribution >= 4 is 5.95 Å². The van der Waals surface area contributed by atoms with Gasteiger partial charge in [0.15, 0.2) is 5.82 Å². The zero-order valence-corrected chi connectivity index (χ0v) is 18.3. The molecule has 0 atom stereocenters. The van der Waals surface area contributed by atoms with Gasteiger partial charge in [-0.2, -0.15) is 5.10 Å². The highest BCUT2D eigenvalue weighted by atomic mass is 19.1. The molecule has 0 spiro atoms. The molecule has 1 aliphatic rings. The summed E-state index contributed by atoms with van der Waals surface area (Å²) in [6, 6.07) is 13.4. The maximum Gasteiger partial charge on any atom is 0.225 e. The van der Waals surface area contributed by atoms with Crippen LogP contribution in [0.4, 0.5) is 14.7 Å². The van der Waals surface area contributed by atoms with Crippen molar-refractivity contribution in [1.82, 2.24) is 24.6 Å². The van der Waals surface area contributed by atoms with Gasteiger partial charge in [0.05, 0.1) is 5.69 Å². The summed E-state index contributed by atoms with van der Waals surface area (Å²) in [4.78, 5) is 13.2. The number of piperazine rings is 1. The van der Waals surface area contributed by atoms with Crippen LogP contribution in [0.15, 0.2) is 67.1 Å². The summed E-state index contributed by atoms with van der Waals surface area (Å²) >= 11 is 0. The minimum atomic E-state index is -0.642. The van der Waals surface area contributed by atoms with E-state index in [1.54, 1.807) is 12.4 Å². The summed E-state index contributed by atoms with van der Waals surface area (Å²) in [5, 5.41) is 4.73. The van der Waals surface area contributed by atoms with Gasteiger partial charge in [0, 0.05) is 68.5 Å². The standard InChI is InChI=1S/C25H24F2N6/c1-18-5-2-3-6-21(18)24-19(17-33(30-24)23-8-7-20(26)15-22(23)27)16-31-11-13-32(14-12-31)25-28-9-4-10-29-25/h2-10,15,17H,11-14,16H2,1H3. The van der Waals surface area contributed by atoms with E-state index in [9.17, 15) is 8.78 Å². The molecule has 0 aliphatic carbocycles. The van der Waals surface area contributed by atoms with E-state index >= 15 is 0 Å². The van der Waals surface area contributed by atoms with Crippen LogP contribution in [0.5, 0.6) is 0 Å². The first-order chi connectivity index (χ1) is 16.1. The SMILES string of the molecule is Cc1ccccc1-c1nn(-c2ccc(F)cc2F)cc1CN1CCN(c2ncccn2)CC1. The summed E-state index contributed by atoms with van der Waals surface area (Å²) in [5.74, 6) is -0.503. The lowest BCUT2D eigenvalue weighted by molar-refractivity contribution is 0.249. The predicted molar refractivity (Wildman–Crippen MR) is 123 cm³/mol. The van der Waals surface area contributed by atoms with Gasteiger partial charge in [-0.05, 0) is 30.7 Å². The number of hydrogen-bond acceptors (Lipinski definition) is 5. The summed E-state index contributed by atoms with van der Waals surface area (Å²) in [5.41, 5.74) is 4.13. The quantitative estimate of drug-likeness (QED) is 0.459. The van der Waals surface area contributed by atoms with E-state index in [1.807, 2.05) is 43.5 Å². The lowest BCUT2D eigenvalue weighted by Gasteiger charge is -2.34. The Kier molecular flexibility index (Phi) is 5.83. The lowest BCUT2D eigenvalue weighted by atomic mass is 10.0. The van der Waals surface area contributed by atoms with E-state index in [0.29, 0.717) is 6.54 Å². The number of aryl methyl sites for hydroxylation is 1. The summed E-state index contributed by atoms with van der Waals surface area (Å²) in [6.07, 6.45) is 5.36. The second-order valence-corrected chi connectivity index (χ2v) is 8.17. The van der Waals surface area contributed by atoms with E-state index in [1.165, 1.54) is 16.8 Å². The Morgan fingerprint density at radius 1 is 0.909 bits per heavy atom. The summed E-state index contributed by atoms with van der Waals surface area (Å²) in [7, 11) is 0. The Bertz CT molecular complexity index is 1250. The number of nitrogens with zero attached hydrogens (tertiary/aromatic N) is 6. The Hall–Kier alpha value is -3.65. The second-order valence-electron chi connectivity index (χ2n) is 8.17. The van der Waals surface area contributed by atoms with Crippen molar-refractivity contribution in [2.75, 3.05) is 31.1 Å². The third-order valence-corrected chi connectivity index (χ3v) is 5.95. The summed E-state index contributed by atoms with van der Waals surface area (Å²) < 4.78 is 29.4. The van der Waals surface area contributed by atoms with Crippen molar-refractivity contribution in [3.8, 4) is 16.9 Å². The molecule has 0 unspecified atom stereocenters. The predicted octanol–water partition coefficient (Wildman–Crippen LogP) is 4.24. The molecule has 1 fully saturated rings. The van der Waals surface area contributed by atoms with Crippen LogP contribution in [0.1, 0.15) is 11.1 Å². The third-order valence-electron chi connectivity index (χ3n) is 5.95. The summed E-state index contributed by atoms with van der Waals surface area (Å²) in [6.45, 7) is 6.06. The van der Waals surface area contributed by atoms with Gasteiger partial charge < -0.3 is 4.90 Å². The van der Waals surface area contributed by atoms with Crippen LogP contribution in [0, 0.1) is 18.6 Å². The van der Waals surface area contributed by atoms with Crippen molar-refractivity contribution in [3.63, 3.8) is 0 Å². The van der Waals surface area contributed by atoms with Crippen LogP contribution in [-0.2, 0) is 6.54 Å². The highest BCUT2D eigenvalue weighted by Crippen LogP contribution is 2.28. The monoisotopic (exact) mass is 446 g/mol. The number of anilines is 1. The molecule has 6 nitrogen and oxygen atoms in total. The second kappa shape index (κ2) is 9.07. The van der Waals surface area contributed by atoms with Crippen LogP contribution in [0.25, 0.3) is 16.9 Å². The fourth-order valence-electron chi connectivity index (χ4n) is 4.18. The number of aromatic nitrogens is 4. The Morgan fingerprint density at radius 3 is 2.39 bits per heavy atom. The molecule has 168 valence electrons. The topological polar surface area (TPSA) is 50.1 Å².